The van der Waals surface area contributed by atoms with Crippen LogP contribution in [0.15, 0.2) is 55.1 Å². The number of aromatic amines is 1. The number of H-pyrrole nitrogens is 1. The molecule has 0 fully saturated rings. The lowest BCUT2D eigenvalue weighted by Gasteiger charge is -2.12. The molecule has 0 saturated heterocycles. The van der Waals surface area contributed by atoms with Gasteiger partial charge in [-0.25, -0.2) is 19.3 Å². The lowest BCUT2D eigenvalue weighted by molar-refractivity contribution is 0.622. The monoisotopic (exact) mass is 415 g/mol. The summed E-state index contributed by atoms with van der Waals surface area (Å²) in [6, 6.07) is 9.40. The number of halogens is 1. The van der Waals surface area contributed by atoms with E-state index < -0.39 is 5.82 Å². The number of benzene rings is 1. The van der Waals surface area contributed by atoms with Gasteiger partial charge >= 0.3 is 0 Å². The maximum Gasteiger partial charge on any atom is 0.180 e. The second-order valence-corrected chi connectivity index (χ2v) is 7.78. The van der Waals surface area contributed by atoms with Crippen LogP contribution >= 0.6 is 0 Å². The highest BCUT2D eigenvalue weighted by Gasteiger charge is 2.15. The van der Waals surface area contributed by atoms with Crippen molar-refractivity contribution in [1.29, 1.82) is 0 Å². The number of para-hydroxylation sites is 2. The zero-order chi connectivity index (χ0) is 21.4. The van der Waals surface area contributed by atoms with Gasteiger partial charge in [-0.1, -0.05) is 26.0 Å². The van der Waals surface area contributed by atoms with Crippen molar-refractivity contribution in [3.8, 4) is 11.3 Å². The Kier molecular flexibility index (Phi) is 4.82. The molecule has 0 unspecified atom stereocenters. The maximum atomic E-state index is 13.8. The Morgan fingerprint density at radius 1 is 1.13 bits per heavy atom. The number of nitrogens with zero attached hydrogens (tertiary/aromatic N) is 5. The molecular formula is C23H22FN7. The molecule has 0 aliphatic rings. The molecule has 4 heterocycles. The van der Waals surface area contributed by atoms with Gasteiger partial charge in [0.2, 0.25) is 0 Å². The van der Waals surface area contributed by atoms with Crippen molar-refractivity contribution in [1.82, 2.24) is 29.3 Å². The van der Waals surface area contributed by atoms with E-state index >= 15 is 0 Å². The molecule has 1 aromatic carbocycles. The van der Waals surface area contributed by atoms with E-state index in [0.717, 1.165) is 28.2 Å². The molecule has 0 radical (unpaired) electrons. The Morgan fingerprint density at radius 2 is 2.00 bits per heavy atom. The lowest BCUT2D eigenvalue weighted by atomic mass is 10.1. The first-order valence-corrected chi connectivity index (χ1v) is 10.2. The molecule has 0 spiro atoms. The van der Waals surface area contributed by atoms with Gasteiger partial charge in [0.1, 0.15) is 11.6 Å². The van der Waals surface area contributed by atoms with E-state index in [1.165, 1.54) is 12.3 Å². The minimum atomic E-state index is -0.395. The minimum absolute atomic E-state index is 0.277. The predicted octanol–water partition coefficient (Wildman–Crippen LogP) is 4.58. The number of pyridine rings is 1. The summed E-state index contributed by atoms with van der Waals surface area (Å²) in [6.07, 6.45) is 7.25. The number of rotatable bonds is 6. The first-order chi connectivity index (χ1) is 15.1. The second kappa shape index (κ2) is 7.79. The molecule has 7 nitrogen and oxygen atoms in total. The quantitative estimate of drug-likeness (QED) is 0.424. The molecule has 5 rings (SSSR count). The summed E-state index contributed by atoms with van der Waals surface area (Å²) in [4.78, 5) is 21.2. The zero-order valence-corrected chi connectivity index (χ0v) is 17.3. The van der Waals surface area contributed by atoms with E-state index in [-0.39, 0.29) is 5.92 Å². The number of anilines is 1. The molecule has 31 heavy (non-hydrogen) atoms. The summed E-state index contributed by atoms with van der Waals surface area (Å²) in [5.41, 5.74) is 5.02. The minimum Gasteiger partial charge on any atom is -0.367 e. The fraction of sp³-hybridized carbons (Fsp3) is 0.217. The first-order valence-electron chi connectivity index (χ1n) is 10.2. The smallest absolute Gasteiger partial charge is 0.180 e. The van der Waals surface area contributed by atoms with Crippen molar-refractivity contribution < 1.29 is 4.39 Å². The molecular weight excluding hydrogens is 393 g/mol. The summed E-state index contributed by atoms with van der Waals surface area (Å²) in [5.74, 6) is 1.43. The molecule has 0 saturated carbocycles. The van der Waals surface area contributed by atoms with E-state index in [0.29, 0.717) is 30.0 Å². The summed E-state index contributed by atoms with van der Waals surface area (Å²) in [5, 5.41) is 3.39. The van der Waals surface area contributed by atoms with Gasteiger partial charge in [0.25, 0.3) is 0 Å². The molecule has 5 aromatic rings. The van der Waals surface area contributed by atoms with Crippen LogP contribution in [0.1, 0.15) is 31.3 Å². The Labute approximate surface area is 178 Å². The van der Waals surface area contributed by atoms with Crippen molar-refractivity contribution in [2.45, 2.75) is 26.2 Å². The molecule has 0 bridgehead atoms. The fourth-order valence-electron chi connectivity index (χ4n) is 3.67. The summed E-state index contributed by atoms with van der Waals surface area (Å²) in [6.45, 7) is 4.85. The molecule has 4 aromatic heterocycles. The Bertz CT molecular complexity index is 1340. The van der Waals surface area contributed by atoms with E-state index in [1.54, 1.807) is 6.20 Å². The van der Waals surface area contributed by atoms with Crippen LogP contribution in [0.3, 0.4) is 0 Å². The Balaban J connectivity index is 1.47. The van der Waals surface area contributed by atoms with Crippen molar-refractivity contribution in [3.05, 3.63) is 72.5 Å². The molecule has 0 aliphatic heterocycles. The third-order valence-corrected chi connectivity index (χ3v) is 5.21. The Hall–Kier alpha value is -3.81. The van der Waals surface area contributed by atoms with Gasteiger partial charge in [-0.2, -0.15) is 0 Å². The molecule has 0 atom stereocenters. The van der Waals surface area contributed by atoms with Crippen LogP contribution < -0.4 is 5.32 Å². The number of fused-ring (bicyclic) bond motifs is 2. The summed E-state index contributed by atoms with van der Waals surface area (Å²) >= 11 is 0. The third kappa shape index (κ3) is 3.72. The maximum absolute atomic E-state index is 13.8. The highest BCUT2D eigenvalue weighted by atomic mass is 19.1. The predicted molar refractivity (Wildman–Crippen MR) is 119 cm³/mol. The largest absolute Gasteiger partial charge is 0.367 e. The van der Waals surface area contributed by atoms with Gasteiger partial charge in [0, 0.05) is 42.8 Å². The van der Waals surface area contributed by atoms with Crippen LogP contribution in [-0.4, -0.2) is 35.9 Å². The molecule has 0 aliphatic carbocycles. The molecule has 2 N–H and O–H groups in total. The summed E-state index contributed by atoms with van der Waals surface area (Å²) < 4.78 is 15.8. The average molecular weight is 415 g/mol. The van der Waals surface area contributed by atoms with E-state index in [4.69, 9.17) is 4.98 Å². The highest BCUT2D eigenvalue weighted by Crippen LogP contribution is 2.26. The molecule has 8 heteroatoms. The zero-order valence-electron chi connectivity index (χ0n) is 17.3. The average Bonchev–Trinajstić information content (AvgIpc) is 3.37. The molecule has 0 amide bonds. The Morgan fingerprint density at radius 3 is 2.81 bits per heavy atom. The lowest BCUT2D eigenvalue weighted by Crippen LogP contribution is -2.10. The first kappa shape index (κ1) is 19.2. The van der Waals surface area contributed by atoms with Crippen molar-refractivity contribution in [3.63, 3.8) is 0 Å². The number of imidazole rings is 2. The third-order valence-electron chi connectivity index (χ3n) is 5.21. The van der Waals surface area contributed by atoms with Gasteiger partial charge < -0.3 is 10.3 Å². The topological polar surface area (TPSA) is 83.8 Å². The van der Waals surface area contributed by atoms with Gasteiger partial charge in [-0.15, -0.1) is 0 Å². The van der Waals surface area contributed by atoms with Crippen LogP contribution in [0.5, 0.6) is 0 Å². The van der Waals surface area contributed by atoms with Crippen LogP contribution in [-0.2, 0) is 6.42 Å². The number of hydrogen-bond acceptors (Lipinski definition) is 5. The van der Waals surface area contributed by atoms with E-state index in [9.17, 15) is 4.39 Å². The van der Waals surface area contributed by atoms with Crippen LogP contribution in [0.25, 0.3) is 27.9 Å². The van der Waals surface area contributed by atoms with Crippen molar-refractivity contribution >= 4 is 22.5 Å². The van der Waals surface area contributed by atoms with Crippen molar-refractivity contribution in [2.75, 3.05) is 11.9 Å². The van der Waals surface area contributed by atoms with Gasteiger partial charge in [-0.3, -0.25) is 9.38 Å². The van der Waals surface area contributed by atoms with Gasteiger partial charge in [-0.05, 0) is 24.1 Å². The molecule has 156 valence electrons. The van der Waals surface area contributed by atoms with Crippen molar-refractivity contribution in [2.24, 2.45) is 0 Å². The van der Waals surface area contributed by atoms with Gasteiger partial charge in [0.05, 0.1) is 22.9 Å². The second-order valence-electron chi connectivity index (χ2n) is 7.78. The highest BCUT2D eigenvalue weighted by molar-refractivity contribution is 5.74. The van der Waals surface area contributed by atoms with Crippen LogP contribution in [0, 0.1) is 5.82 Å². The number of aromatic nitrogens is 6. The standard InChI is InChI=1S/C23H22FN7/c1-14(2)20-12-27-23-22(26-8-7-21-28-17-5-3-4-6-18(17)29-21)30-19(13-31(20)23)15-9-16(24)11-25-10-15/h3-6,9-14H,7-8H2,1-2H3,(H,26,30)(H,28,29). The van der Waals surface area contributed by atoms with Crippen LogP contribution in [0.4, 0.5) is 10.2 Å². The van der Waals surface area contributed by atoms with Gasteiger partial charge in [0.15, 0.2) is 11.5 Å². The fourth-order valence-corrected chi connectivity index (χ4v) is 3.67. The normalized spacial score (nSPS) is 11.6. The number of nitrogens with one attached hydrogen (secondary N) is 2. The van der Waals surface area contributed by atoms with Crippen LogP contribution in [0.2, 0.25) is 0 Å². The van der Waals surface area contributed by atoms with E-state index in [2.05, 4.69) is 39.1 Å². The number of hydrogen-bond donors (Lipinski definition) is 2. The SMILES string of the molecule is CC(C)c1cnc2c(NCCc3nc4ccccc4[nH]3)nc(-c3cncc(F)c3)cn12. The van der Waals surface area contributed by atoms with E-state index in [1.807, 2.05) is 41.1 Å². The summed E-state index contributed by atoms with van der Waals surface area (Å²) in [7, 11) is 0.